The first-order valence-electron chi connectivity index (χ1n) is 8.50. The zero-order valence-corrected chi connectivity index (χ0v) is 16.7. The molecule has 0 bridgehead atoms. The van der Waals surface area contributed by atoms with Gasteiger partial charge in [-0.1, -0.05) is 32.0 Å². The van der Waals surface area contributed by atoms with E-state index in [1.54, 1.807) is 43.1 Å². The molecule has 26 heavy (non-hydrogen) atoms. The Morgan fingerprint density at radius 3 is 2.69 bits per heavy atom. The van der Waals surface area contributed by atoms with E-state index in [9.17, 15) is 13.2 Å². The van der Waals surface area contributed by atoms with Crippen molar-refractivity contribution in [3.63, 3.8) is 0 Å². The van der Waals surface area contributed by atoms with Crippen LogP contribution in [0.2, 0.25) is 0 Å². The molecule has 1 heterocycles. The van der Waals surface area contributed by atoms with Gasteiger partial charge in [0.15, 0.2) is 0 Å². The molecular weight excluding hydrogens is 368 g/mol. The Kier molecular flexibility index (Phi) is 5.29. The van der Waals surface area contributed by atoms with Gasteiger partial charge in [-0.2, -0.15) is 0 Å². The summed E-state index contributed by atoms with van der Waals surface area (Å²) in [7, 11) is -2.17. The minimum absolute atomic E-state index is 0.0945. The fraction of sp³-hybridized carbons (Fsp3) is 0.316. The van der Waals surface area contributed by atoms with Crippen LogP contribution in [0.25, 0.3) is 0 Å². The molecule has 0 saturated carbocycles. The van der Waals surface area contributed by atoms with E-state index in [1.165, 1.54) is 4.31 Å². The van der Waals surface area contributed by atoms with Crippen molar-refractivity contribution >= 4 is 39.1 Å². The van der Waals surface area contributed by atoms with Gasteiger partial charge >= 0.3 is 0 Å². The van der Waals surface area contributed by atoms with Crippen molar-refractivity contribution in [2.24, 2.45) is 0 Å². The molecule has 0 radical (unpaired) electrons. The zero-order valence-electron chi connectivity index (χ0n) is 15.0. The largest absolute Gasteiger partial charge is 0.325 e. The lowest BCUT2D eigenvalue weighted by atomic mass is 10.1. The molecule has 138 valence electrons. The number of aryl methyl sites for hydroxylation is 1. The number of fused-ring (bicyclic) bond motifs is 1. The molecule has 1 atom stereocenters. The lowest BCUT2D eigenvalue weighted by Gasteiger charge is -2.22. The molecule has 5 nitrogen and oxygen atoms in total. The third-order valence-corrected chi connectivity index (χ3v) is 7.34. The zero-order chi connectivity index (χ0) is 18.9. The van der Waals surface area contributed by atoms with Crippen LogP contribution in [0.3, 0.4) is 0 Å². The minimum atomic E-state index is -3.73. The molecule has 1 unspecified atom stereocenters. The number of carbonyl (C=O) groups excluding carboxylic acids is 1. The van der Waals surface area contributed by atoms with Crippen LogP contribution in [0, 0.1) is 0 Å². The number of hydrogen-bond donors (Lipinski definition) is 1. The quantitative estimate of drug-likeness (QED) is 0.860. The molecule has 0 saturated heterocycles. The van der Waals surface area contributed by atoms with Crippen LogP contribution < -0.4 is 9.62 Å². The van der Waals surface area contributed by atoms with Gasteiger partial charge in [0.1, 0.15) is 0 Å². The summed E-state index contributed by atoms with van der Waals surface area (Å²) in [6.07, 6.45) is 1.15. The van der Waals surface area contributed by atoms with E-state index in [0.29, 0.717) is 17.8 Å². The first kappa shape index (κ1) is 18.8. The second-order valence-electron chi connectivity index (χ2n) is 6.29. The molecule has 0 aliphatic carbocycles. The summed E-state index contributed by atoms with van der Waals surface area (Å²) >= 11 is 1.57. The molecule has 2 aromatic rings. The molecule has 1 aliphatic rings. The van der Waals surface area contributed by atoms with Gasteiger partial charge in [0, 0.05) is 23.6 Å². The smallest absolute Gasteiger partial charge is 0.264 e. The van der Waals surface area contributed by atoms with Gasteiger partial charge in [0.05, 0.1) is 16.3 Å². The molecule has 0 aromatic heterocycles. The monoisotopic (exact) mass is 390 g/mol. The third kappa shape index (κ3) is 3.59. The van der Waals surface area contributed by atoms with E-state index in [0.717, 1.165) is 16.9 Å². The molecule has 1 N–H and O–H groups in total. The van der Waals surface area contributed by atoms with Gasteiger partial charge in [0.25, 0.3) is 10.0 Å². The molecule has 7 heteroatoms. The van der Waals surface area contributed by atoms with E-state index < -0.39 is 10.0 Å². The van der Waals surface area contributed by atoms with Crippen molar-refractivity contribution in [3.05, 3.63) is 48.0 Å². The van der Waals surface area contributed by atoms with Gasteiger partial charge in [-0.3, -0.25) is 9.10 Å². The Bertz CT molecular complexity index is 942. The minimum Gasteiger partial charge on any atom is -0.325 e. The summed E-state index contributed by atoms with van der Waals surface area (Å²) < 4.78 is 27.6. The molecule has 1 amide bonds. The normalized spacial score (nSPS) is 17.2. The molecular formula is C19H22N2O3S2. The number of nitrogens with one attached hydrogen (secondary N) is 1. The highest BCUT2D eigenvalue weighted by atomic mass is 32.2. The Balaban J connectivity index is 2.01. The molecule has 0 spiro atoms. The topological polar surface area (TPSA) is 66.5 Å². The average molecular weight is 391 g/mol. The molecule has 0 fully saturated rings. The number of benzene rings is 2. The highest BCUT2D eigenvalue weighted by Gasteiger charge is 2.26. The summed E-state index contributed by atoms with van der Waals surface area (Å²) in [5.41, 5.74) is 2.19. The first-order valence-corrected chi connectivity index (χ1v) is 10.8. The third-order valence-electron chi connectivity index (χ3n) is 4.40. The first-order chi connectivity index (χ1) is 12.3. The Hall–Kier alpha value is -1.99. The molecule has 2 aromatic carbocycles. The lowest BCUT2D eigenvalue weighted by Crippen LogP contribution is -2.27. The fourth-order valence-corrected chi connectivity index (χ4v) is 5.31. The Labute approximate surface area is 158 Å². The maximum Gasteiger partial charge on any atom is 0.264 e. The average Bonchev–Trinajstić information content (AvgIpc) is 2.76. The lowest BCUT2D eigenvalue weighted by molar-refractivity contribution is -0.116. The van der Waals surface area contributed by atoms with Crippen LogP contribution in [-0.4, -0.2) is 26.6 Å². The maximum absolute atomic E-state index is 13.1. The summed E-state index contributed by atoms with van der Waals surface area (Å²) in [6, 6.07) is 12.4. The van der Waals surface area contributed by atoms with Gasteiger partial charge in [0.2, 0.25) is 5.91 Å². The van der Waals surface area contributed by atoms with Crippen LogP contribution in [0.15, 0.2) is 52.3 Å². The summed E-state index contributed by atoms with van der Waals surface area (Å²) in [4.78, 5) is 13.0. The van der Waals surface area contributed by atoms with Crippen molar-refractivity contribution in [3.8, 4) is 0 Å². The predicted octanol–water partition coefficient (Wildman–Crippen LogP) is 3.90. The predicted molar refractivity (Wildman–Crippen MR) is 106 cm³/mol. The van der Waals surface area contributed by atoms with Crippen molar-refractivity contribution in [1.82, 2.24) is 0 Å². The number of carbonyl (C=O) groups is 1. The van der Waals surface area contributed by atoms with Gasteiger partial charge in [-0.15, -0.1) is 11.8 Å². The maximum atomic E-state index is 13.1. The van der Waals surface area contributed by atoms with Gasteiger partial charge < -0.3 is 5.32 Å². The van der Waals surface area contributed by atoms with Crippen molar-refractivity contribution < 1.29 is 13.2 Å². The van der Waals surface area contributed by atoms with Crippen molar-refractivity contribution in [1.29, 1.82) is 0 Å². The van der Waals surface area contributed by atoms with E-state index >= 15 is 0 Å². The number of nitrogens with zero attached hydrogens (tertiary/aromatic N) is 1. The van der Waals surface area contributed by atoms with Crippen LogP contribution in [-0.2, 0) is 21.2 Å². The van der Waals surface area contributed by atoms with E-state index in [4.69, 9.17) is 0 Å². The molecule has 3 rings (SSSR count). The second kappa shape index (κ2) is 7.32. The van der Waals surface area contributed by atoms with E-state index in [1.807, 2.05) is 32.0 Å². The van der Waals surface area contributed by atoms with Crippen LogP contribution >= 0.6 is 11.8 Å². The van der Waals surface area contributed by atoms with Gasteiger partial charge in [-0.25, -0.2) is 8.42 Å². The number of anilines is 2. The van der Waals surface area contributed by atoms with Gasteiger partial charge in [-0.05, 0) is 36.2 Å². The fourth-order valence-electron chi connectivity index (χ4n) is 3.00. The Morgan fingerprint density at radius 2 is 1.96 bits per heavy atom. The Morgan fingerprint density at radius 1 is 1.23 bits per heavy atom. The van der Waals surface area contributed by atoms with E-state index in [2.05, 4.69) is 5.32 Å². The highest BCUT2D eigenvalue weighted by molar-refractivity contribution is 8.00. The number of amides is 1. The van der Waals surface area contributed by atoms with Crippen molar-refractivity contribution in [2.75, 3.05) is 16.7 Å². The van der Waals surface area contributed by atoms with E-state index in [-0.39, 0.29) is 16.1 Å². The second-order valence-corrected chi connectivity index (χ2v) is 9.74. The van der Waals surface area contributed by atoms with Crippen LogP contribution in [0.5, 0.6) is 0 Å². The number of thioether (sulfide) groups is 1. The summed E-state index contributed by atoms with van der Waals surface area (Å²) in [6.45, 7) is 3.98. The van der Waals surface area contributed by atoms with Crippen LogP contribution in [0.4, 0.5) is 11.4 Å². The number of hydrogen-bond acceptors (Lipinski definition) is 4. The SMILES string of the molecule is CCc1ccccc1N(C)S(=O)(=O)c1ccc2c(c1)NC(=O)CC(C)S2. The standard InChI is InChI=1S/C19H22N2O3S2/c1-4-14-7-5-6-8-17(14)21(3)26(23,24)15-9-10-18-16(12-15)20-19(22)11-13(2)25-18/h5-10,12-13H,4,11H2,1-3H3,(H,20,22). The number of rotatable bonds is 4. The van der Waals surface area contributed by atoms with Crippen molar-refractivity contribution in [2.45, 2.75) is 41.7 Å². The molecule has 1 aliphatic heterocycles. The summed E-state index contributed by atoms with van der Waals surface area (Å²) in [5, 5.41) is 2.97. The highest BCUT2D eigenvalue weighted by Crippen LogP contribution is 2.37. The summed E-state index contributed by atoms with van der Waals surface area (Å²) in [5.74, 6) is -0.0945. The van der Waals surface area contributed by atoms with Crippen LogP contribution in [0.1, 0.15) is 25.8 Å². The number of para-hydroxylation sites is 1. The number of sulfonamides is 1.